The molecule has 2 aromatic rings. The average Bonchev–Trinajstić information content (AvgIpc) is 2.21. The van der Waals surface area contributed by atoms with Crippen LogP contribution in [0.1, 0.15) is 5.76 Å². The molecule has 0 spiro atoms. The van der Waals surface area contributed by atoms with Gasteiger partial charge in [0.1, 0.15) is 5.76 Å². The van der Waals surface area contributed by atoms with Gasteiger partial charge >= 0.3 is 0 Å². The first-order valence-corrected chi connectivity index (χ1v) is 3.29. The second-order valence-electron chi connectivity index (χ2n) is 2.15. The van der Waals surface area contributed by atoms with Gasteiger partial charge in [0.2, 0.25) is 0 Å². The fourth-order valence-corrected chi connectivity index (χ4v) is 1.12. The average molecular weight is 157 g/mol. The molecule has 0 N–H and O–H groups in total. The highest BCUT2D eigenvalue weighted by molar-refractivity contribution is 6.29. The normalized spacial score (nSPS) is 11.0. The van der Waals surface area contributed by atoms with Gasteiger partial charge in [0, 0.05) is 6.07 Å². The molecule has 10 heavy (non-hydrogen) atoms. The van der Waals surface area contributed by atoms with Gasteiger partial charge in [-0.2, -0.15) is 0 Å². The predicted octanol–water partition coefficient (Wildman–Crippen LogP) is 2.99. The van der Waals surface area contributed by atoms with Gasteiger partial charge in [-0.3, -0.25) is 0 Å². The zero-order valence-corrected chi connectivity index (χ0v) is 6.11. The van der Waals surface area contributed by atoms with E-state index < -0.39 is 0 Å². The Morgan fingerprint density at radius 2 is 2.10 bits per heavy atom. The highest BCUT2D eigenvalue weighted by atomic mass is 35.5. The fourth-order valence-electron chi connectivity index (χ4n) is 0.933. The minimum Gasteiger partial charge on any atom is -0.430 e. The highest BCUT2D eigenvalue weighted by Crippen LogP contribution is 2.25. The number of furan rings is 2. The van der Waals surface area contributed by atoms with Crippen molar-refractivity contribution in [3.8, 4) is 0 Å². The monoisotopic (exact) mass is 156 g/mol. The Balaban J connectivity index is 2.83. The Morgan fingerprint density at radius 1 is 1.30 bits per heavy atom. The van der Waals surface area contributed by atoms with Crippen molar-refractivity contribution in [2.75, 3.05) is 0 Å². The molecular formula is C7H5ClO2. The smallest absolute Gasteiger partial charge is 0.298 e. The summed E-state index contributed by atoms with van der Waals surface area (Å²) in [4.78, 5) is 0. The van der Waals surface area contributed by atoms with Crippen molar-refractivity contribution in [3.63, 3.8) is 0 Å². The third-order valence-electron chi connectivity index (χ3n) is 1.31. The number of fused-ring (bicyclic) bond motifs is 1. The molecule has 0 bridgehead atoms. The Bertz CT molecular complexity index is 295. The Labute approximate surface area is 62.4 Å². The fraction of sp³-hybridized carbons (Fsp3) is 0.143. The van der Waals surface area contributed by atoms with E-state index >= 15 is 0 Å². The molecule has 0 aliphatic carbocycles. The van der Waals surface area contributed by atoms with Gasteiger partial charge in [0.15, 0.2) is 5.22 Å². The van der Waals surface area contributed by atoms with Crippen LogP contribution in [0.4, 0.5) is 0 Å². The molecular weight excluding hydrogens is 152 g/mol. The van der Waals surface area contributed by atoms with Crippen LogP contribution >= 0.6 is 11.6 Å². The summed E-state index contributed by atoms with van der Waals surface area (Å²) in [6, 6.07) is 3.61. The van der Waals surface area contributed by atoms with Crippen molar-refractivity contribution in [2.45, 2.75) is 6.92 Å². The lowest BCUT2D eigenvalue weighted by Gasteiger charge is -1.76. The van der Waals surface area contributed by atoms with Crippen LogP contribution in [0.5, 0.6) is 0 Å². The quantitative estimate of drug-likeness (QED) is 0.586. The summed E-state index contributed by atoms with van der Waals surface area (Å²) < 4.78 is 10.1. The second kappa shape index (κ2) is 1.80. The lowest BCUT2D eigenvalue weighted by molar-refractivity contribution is 0.463. The molecule has 0 aliphatic heterocycles. The Kier molecular flexibility index (Phi) is 1.05. The molecule has 0 radical (unpaired) electrons. The highest BCUT2D eigenvalue weighted by Gasteiger charge is 2.05. The molecule has 2 rings (SSSR count). The Morgan fingerprint density at radius 3 is 2.80 bits per heavy atom. The lowest BCUT2D eigenvalue weighted by atomic mass is 10.4. The molecule has 2 heterocycles. The first kappa shape index (κ1) is 5.86. The van der Waals surface area contributed by atoms with Crippen molar-refractivity contribution in [3.05, 3.63) is 23.1 Å². The summed E-state index contributed by atoms with van der Waals surface area (Å²) in [5, 5.41) is 1.29. The van der Waals surface area contributed by atoms with Crippen LogP contribution in [0.2, 0.25) is 5.22 Å². The summed E-state index contributed by atoms with van der Waals surface area (Å²) in [5.41, 5.74) is 0. The van der Waals surface area contributed by atoms with Gasteiger partial charge in [-0.25, -0.2) is 0 Å². The van der Waals surface area contributed by atoms with Gasteiger partial charge in [0.05, 0.1) is 5.39 Å². The Hall–Kier alpha value is -0.890. The second-order valence-corrected chi connectivity index (χ2v) is 2.52. The molecule has 2 nitrogen and oxygen atoms in total. The summed E-state index contributed by atoms with van der Waals surface area (Å²) in [6.07, 6.45) is 0. The van der Waals surface area contributed by atoms with Gasteiger partial charge in [-0.15, -0.1) is 0 Å². The maximum atomic E-state index is 5.55. The van der Waals surface area contributed by atoms with E-state index in [0.717, 1.165) is 11.1 Å². The zero-order valence-electron chi connectivity index (χ0n) is 5.35. The van der Waals surface area contributed by atoms with Crippen LogP contribution in [0.3, 0.4) is 0 Å². The molecule has 0 unspecified atom stereocenters. The predicted molar refractivity (Wildman–Crippen MR) is 38.2 cm³/mol. The van der Waals surface area contributed by atoms with Crippen molar-refractivity contribution in [1.82, 2.24) is 0 Å². The molecule has 0 fully saturated rings. The van der Waals surface area contributed by atoms with Crippen LogP contribution in [-0.4, -0.2) is 0 Å². The van der Waals surface area contributed by atoms with Crippen LogP contribution in [0.15, 0.2) is 21.0 Å². The van der Waals surface area contributed by atoms with Crippen molar-refractivity contribution >= 4 is 22.8 Å². The largest absolute Gasteiger partial charge is 0.430 e. The van der Waals surface area contributed by atoms with Gasteiger partial charge in [0.25, 0.3) is 5.78 Å². The van der Waals surface area contributed by atoms with Crippen molar-refractivity contribution in [2.24, 2.45) is 0 Å². The molecule has 0 saturated carbocycles. The molecule has 52 valence electrons. The first-order chi connectivity index (χ1) is 4.75. The van der Waals surface area contributed by atoms with Gasteiger partial charge in [-0.1, -0.05) is 0 Å². The van der Waals surface area contributed by atoms with Crippen molar-refractivity contribution in [1.29, 1.82) is 0 Å². The number of rotatable bonds is 0. The van der Waals surface area contributed by atoms with E-state index in [2.05, 4.69) is 0 Å². The summed E-state index contributed by atoms with van der Waals surface area (Å²) in [5.74, 6) is 1.34. The summed E-state index contributed by atoms with van der Waals surface area (Å²) in [7, 11) is 0. The number of hydrogen-bond acceptors (Lipinski definition) is 2. The van der Waals surface area contributed by atoms with Gasteiger partial charge < -0.3 is 8.83 Å². The zero-order chi connectivity index (χ0) is 7.14. The van der Waals surface area contributed by atoms with Crippen LogP contribution in [-0.2, 0) is 0 Å². The van der Waals surface area contributed by atoms with E-state index in [1.54, 1.807) is 6.07 Å². The molecule has 0 amide bonds. The molecule has 0 aromatic carbocycles. The molecule has 0 atom stereocenters. The maximum absolute atomic E-state index is 5.55. The third kappa shape index (κ3) is 0.727. The van der Waals surface area contributed by atoms with Crippen LogP contribution in [0.25, 0.3) is 11.2 Å². The van der Waals surface area contributed by atoms with E-state index in [4.69, 9.17) is 20.4 Å². The first-order valence-electron chi connectivity index (χ1n) is 2.91. The van der Waals surface area contributed by atoms with E-state index in [-0.39, 0.29) is 0 Å². The van der Waals surface area contributed by atoms with E-state index in [9.17, 15) is 0 Å². The van der Waals surface area contributed by atoms with Crippen LogP contribution in [0, 0.1) is 6.92 Å². The number of halogens is 1. The van der Waals surface area contributed by atoms with Gasteiger partial charge in [-0.05, 0) is 24.6 Å². The number of hydrogen-bond donors (Lipinski definition) is 0. The third-order valence-corrected chi connectivity index (χ3v) is 1.49. The van der Waals surface area contributed by atoms with Crippen LogP contribution < -0.4 is 0 Å². The van der Waals surface area contributed by atoms with E-state index in [0.29, 0.717) is 11.0 Å². The SMILES string of the molecule is Cc1cc2cc(Cl)oc2o1. The molecule has 0 saturated heterocycles. The number of aryl methyl sites for hydroxylation is 1. The topological polar surface area (TPSA) is 26.3 Å². The summed E-state index contributed by atoms with van der Waals surface area (Å²) >= 11 is 5.55. The molecule has 0 aliphatic rings. The van der Waals surface area contributed by atoms with E-state index in [1.165, 1.54) is 0 Å². The maximum Gasteiger partial charge on any atom is 0.298 e. The summed E-state index contributed by atoms with van der Waals surface area (Å²) in [6.45, 7) is 1.86. The lowest BCUT2D eigenvalue weighted by Crippen LogP contribution is -1.53. The van der Waals surface area contributed by atoms with Crippen molar-refractivity contribution < 1.29 is 8.83 Å². The van der Waals surface area contributed by atoms with E-state index in [1.807, 2.05) is 13.0 Å². The minimum atomic E-state index is 0.369. The molecule has 3 heteroatoms. The standard InChI is InChI=1S/C7H5ClO2/c1-4-2-5-3-6(8)10-7(5)9-4/h2-3H,1H3. The minimum absolute atomic E-state index is 0.369. The molecule has 2 aromatic heterocycles.